The zero-order valence-corrected chi connectivity index (χ0v) is 11.8. The molecular weight excluding hydrogens is 270 g/mol. The van der Waals surface area contributed by atoms with Crippen molar-refractivity contribution < 1.29 is 4.79 Å². The molecule has 3 rings (SSSR count). The minimum atomic E-state index is -0.184. The van der Waals surface area contributed by atoms with E-state index in [1.807, 2.05) is 0 Å². The van der Waals surface area contributed by atoms with E-state index in [0.717, 1.165) is 19.3 Å². The number of carbonyl (C=O) groups excluding carboxylic acids is 1. The SMILES string of the molecule is N#C[C@@H]1C2=C(CCCC2)SC1NC(=O)c1cccnc1. The number of nitrogens with one attached hydrogen (secondary N) is 1. The molecule has 1 N–H and O–H groups in total. The van der Waals surface area contributed by atoms with Crippen molar-refractivity contribution in [1.82, 2.24) is 10.3 Å². The Balaban J connectivity index is 1.73. The highest BCUT2D eigenvalue weighted by Crippen LogP contribution is 2.47. The molecule has 20 heavy (non-hydrogen) atoms. The molecule has 1 aliphatic carbocycles. The fourth-order valence-electron chi connectivity index (χ4n) is 2.74. The van der Waals surface area contributed by atoms with Crippen molar-refractivity contribution in [3.63, 3.8) is 0 Å². The van der Waals surface area contributed by atoms with Gasteiger partial charge < -0.3 is 5.32 Å². The third-order valence-corrected chi connectivity index (χ3v) is 5.14. The largest absolute Gasteiger partial charge is 0.338 e. The normalized spacial score (nSPS) is 24.9. The lowest BCUT2D eigenvalue weighted by Crippen LogP contribution is -2.36. The zero-order valence-electron chi connectivity index (χ0n) is 11.0. The molecule has 2 aliphatic rings. The van der Waals surface area contributed by atoms with Crippen molar-refractivity contribution in [1.29, 1.82) is 5.26 Å². The number of rotatable bonds is 2. The van der Waals surface area contributed by atoms with Crippen molar-refractivity contribution in [3.8, 4) is 6.07 Å². The predicted octanol–water partition coefficient (Wildman–Crippen LogP) is 2.85. The van der Waals surface area contributed by atoms with Crippen molar-refractivity contribution in [2.24, 2.45) is 5.92 Å². The van der Waals surface area contributed by atoms with Gasteiger partial charge in [-0.2, -0.15) is 5.26 Å². The van der Waals surface area contributed by atoms with Gasteiger partial charge in [0.05, 0.1) is 22.9 Å². The van der Waals surface area contributed by atoms with Gasteiger partial charge in [0.25, 0.3) is 5.91 Å². The van der Waals surface area contributed by atoms with Gasteiger partial charge in [-0.05, 0) is 48.3 Å². The summed E-state index contributed by atoms with van der Waals surface area (Å²) in [4.78, 5) is 17.4. The van der Waals surface area contributed by atoms with Crippen LogP contribution in [0.3, 0.4) is 0 Å². The first kappa shape index (κ1) is 13.2. The van der Waals surface area contributed by atoms with Crippen molar-refractivity contribution in [2.75, 3.05) is 0 Å². The van der Waals surface area contributed by atoms with Gasteiger partial charge in [0.1, 0.15) is 0 Å². The van der Waals surface area contributed by atoms with Crippen molar-refractivity contribution in [2.45, 2.75) is 31.1 Å². The molecule has 1 unspecified atom stereocenters. The summed E-state index contributed by atoms with van der Waals surface area (Å²) in [6.07, 6.45) is 7.58. The first-order valence-electron chi connectivity index (χ1n) is 6.78. The number of allylic oxidation sites excluding steroid dienone is 1. The fraction of sp³-hybridized carbons (Fsp3) is 0.400. The molecule has 1 aromatic heterocycles. The first-order valence-corrected chi connectivity index (χ1v) is 7.66. The van der Waals surface area contributed by atoms with Crippen LogP contribution < -0.4 is 5.32 Å². The second-order valence-electron chi connectivity index (χ2n) is 5.02. The summed E-state index contributed by atoms with van der Waals surface area (Å²) in [5, 5.41) is 12.2. The Morgan fingerprint density at radius 3 is 3.05 bits per heavy atom. The van der Waals surface area contributed by atoms with E-state index in [1.165, 1.54) is 16.9 Å². The van der Waals surface area contributed by atoms with Gasteiger partial charge >= 0.3 is 0 Å². The molecule has 0 fully saturated rings. The maximum atomic E-state index is 12.2. The number of thioether (sulfide) groups is 1. The number of nitrogens with zero attached hydrogens (tertiary/aromatic N) is 2. The zero-order chi connectivity index (χ0) is 13.9. The molecule has 0 bridgehead atoms. The summed E-state index contributed by atoms with van der Waals surface area (Å²) in [5.74, 6) is -0.341. The summed E-state index contributed by atoms with van der Waals surface area (Å²) < 4.78 is 0. The first-order chi connectivity index (χ1) is 9.79. The maximum Gasteiger partial charge on any atom is 0.253 e. The van der Waals surface area contributed by atoms with Crippen LogP contribution in [0.2, 0.25) is 0 Å². The summed E-state index contributed by atoms with van der Waals surface area (Å²) in [5.41, 5.74) is 1.79. The van der Waals surface area contributed by atoms with E-state index in [2.05, 4.69) is 16.4 Å². The summed E-state index contributed by atoms with van der Waals surface area (Å²) in [6.45, 7) is 0. The molecule has 2 atom stereocenters. The predicted molar refractivity (Wildman–Crippen MR) is 77.7 cm³/mol. The minimum Gasteiger partial charge on any atom is -0.338 e. The number of carbonyl (C=O) groups is 1. The van der Waals surface area contributed by atoms with Crippen LogP contribution in [-0.4, -0.2) is 16.3 Å². The number of hydrogen-bond donors (Lipinski definition) is 1. The van der Waals surface area contributed by atoms with Crippen LogP contribution in [0.25, 0.3) is 0 Å². The Morgan fingerprint density at radius 2 is 2.30 bits per heavy atom. The number of aromatic nitrogens is 1. The maximum absolute atomic E-state index is 12.2. The van der Waals surface area contributed by atoms with Crippen LogP contribution in [0.15, 0.2) is 35.0 Å². The van der Waals surface area contributed by atoms with E-state index >= 15 is 0 Å². The van der Waals surface area contributed by atoms with Gasteiger partial charge in [-0.1, -0.05) is 0 Å². The molecule has 0 radical (unpaired) electrons. The second kappa shape index (κ2) is 5.68. The van der Waals surface area contributed by atoms with Crippen LogP contribution in [-0.2, 0) is 0 Å². The molecule has 0 saturated heterocycles. The van der Waals surface area contributed by atoms with E-state index in [-0.39, 0.29) is 17.2 Å². The average molecular weight is 285 g/mol. The molecule has 0 spiro atoms. The van der Waals surface area contributed by atoms with Gasteiger partial charge in [-0.3, -0.25) is 9.78 Å². The second-order valence-corrected chi connectivity index (χ2v) is 6.25. The van der Waals surface area contributed by atoms with Gasteiger partial charge in [0.15, 0.2) is 0 Å². The van der Waals surface area contributed by atoms with Crippen LogP contribution in [0.5, 0.6) is 0 Å². The van der Waals surface area contributed by atoms with Crippen molar-refractivity contribution in [3.05, 3.63) is 40.6 Å². The smallest absolute Gasteiger partial charge is 0.253 e. The molecule has 2 heterocycles. The molecule has 5 heteroatoms. The third kappa shape index (κ3) is 2.44. The summed E-state index contributed by atoms with van der Waals surface area (Å²) in [6, 6.07) is 5.83. The Kier molecular flexibility index (Phi) is 3.75. The van der Waals surface area contributed by atoms with Crippen molar-refractivity contribution >= 4 is 17.7 Å². The lowest BCUT2D eigenvalue weighted by molar-refractivity contribution is 0.0946. The molecular formula is C15H15N3OS. The van der Waals surface area contributed by atoms with Gasteiger partial charge in [-0.15, -0.1) is 11.8 Å². The number of nitriles is 1. The number of amides is 1. The van der Waals surface area contributed by atoms with Crippen LogP contribution in [0.1, 0.15) is 36.0 Å². The van der Waals surface area contributed by atoms with Gasteiger partial charge in [-0.25, -0.2) is 0 Å². The molecule has 0 aromatic carbocycles. The monoisotopic (exact) mass is 285 g/mol. The van der Waals surface area contributed by atoms with Crippen LogP contribution in [0, 0.1) is 17.2 Å². The molecule has 1 aliphatic heterocycles. The third-order valence-electron chi connectivity index (χ3n) is 3.74. The molecule has 0 saturated carbocycles. The Hall–Kier alpha value is -1.80. The lowest BCUT2D eigenvalue weighted by atomic mass is 9.90. The van der Waals surface area contributed by atoms with E-state index in [4.69, 9.17) is 0 Å². The molecule has 1 aromatic rings. The number of hydrogen-bond acceptors (Lipinski definition) is 4. The fourth-order valence-corrected chi connectivity index (χ4v) is 4.21. The molecule has 102 valence electrons. The van der Waals surface area contributed by atoms with E-state index in [1.54, 1.807) is 36.3 Å². The summed E-state index contributed by atoms with van der Waals surface area (Å²) in [7, 11) is 0. The topological polar surface area (TPSA) is 65.8 Å². The minimum absolute atomic E-state index is 0.157. The standard InChI is InChI=1S/C15H15N3OS/c16-8-12-11-5-1-2-6-13(11)20-15(12)18-14(19)10-4-3-7-17-9-10/h3-4,7,9,12,15H,1-2,5-6H2,(H,18,19)/t12-,15?/m1/s1. The molecule has 4 nitrogen and oxygen atoms in total. The molecule has 1 amide bonds. The quantitative estimate of drug-likeness (QED) is 0.907. The summed E-state index contributed by atoms with van der Waals surface area (Å²) >= 11 is 1.66. The lowest BCUT2D eigenvalue weighted by Gasteiger charge is -2.17. The average Bonchev–Trinajstić information content (AvgIpc) is 2.85. The highest BCUT2D eigenvalue weighted by Gasteiger charge is 2.37. The number of pyridine rings is 1. The Labute approximate surface area is 122 Å². The highest BCUT2D eigenvalue weighted by molar-refractivity contribution is 8.04. The van der Waals surface area contributed by atoms with Crippen LogP contribution in [0.4, 0.5) is 0 Å². The van der Waals surface area contributed by atoms with E-state index < -0.39 is 0 Å². The van der Waals surface area contributed by atoms with Crippen LogP contribution >= 0.6 is 11.8 Å². The Bertz CT molecular complexity index is 591. The van der Waals surface area contributed by atoms with Gasteiger partial charge in [0.2, 0.25) is 0 Å². The Morgan fingerprint density at radius 1 is 1.45 bits per heavy atom. The van der Waals surface area contributed by atoms with E-state index in [9.17, 15) is 10.1 Å². The van der Waals surface area contributed by atoms with Gasteiger partial charge in [0, 0.05) is 12.4 Å². The highest BCUT2D eigenvalue weighted by atomic mass is 32.2. The van der Waals surface area contributed by atoms with E-state index in [0.29, 0.717) is 5.56 Å².